The maximum Gasteiger partial charge on any atom is 0.162 e. The van der Waals surface area contributed by atoms with E-state index in [4.69, 9.17) is 4.74 Å². The van der Waals surface area contributed by atoms with Gasteiger partial charge in [-0.15, -0.1) is 5.54 Å². The summed E-state index contributed by atoms with van der Waals surface area (Å²) in [5.74, 6) is 2.95. The topological polar surface area (TPSA) is 29.5 Å². The molecule has 0 saturated heterocycles. The van der Waals surface area contributed by atoms with Crippen LogP contribution in [0.4, 0.5) is 0 Å². The highest BCUT2D eigenvalue weighted by atomic mass is 28.3. The molecule has 1 atom stereocenters. The zero-order chi connectivity index (χ0) is 15.8. The summed E-state index contributed by atoms with van der Waals surface area (Å²) >= 11 is 0. The summed E-state index contributed by atoms with van der Waals surface area (Å²) in [6.07, 6.45) is -0.737. The van der Waals surface area contributed by atoms with E-state index < -0.39 is 14.2 Å². The van der Waals surface area contributed by atoms with E-state index in [0.29, 0.717) is 6.61 Å². The van der Waals surface area contributed by atoms with E-state index in [-0.39, 0.29) is 6.61 Å². The van der Waals surface area contributed by atoms with Gasteiger partial charge in [0.2, 0.25) is 0 Å². The Kier molecular flexibility index (Phi) is 5.97. The van der Waals surface area contributed by atoms with Crippen LogP contribution in [0.25, 0.3) is 0 Å². The van der Waals surface area contributed by atoms with E-state index in [1.807, 2.05) is 48.5 Å². The summed E-state index contributed by atoms with van der Waals surface area (Å²) in [5.41, 5.74) is 4.38. The average Bonchev–Trinajstić information content (AvgIpc) is 2.55. The second-order valence-electron chi connectivity index (χ2n) is 5.78. The molecule has 1 N–H and O–H groups in total. The van der Waals surface area contributed by atoms with Crippen LogP contribution in [0, 0.1) is 11.5 Å². The molecule has 2 nitrogen and oxygen atoms in total. The van der Waals surface area contributed by atoms with Crippen LogP contribution in [0.1, 0.15) is 5.56 Å². The van der Waals surface area contributed by atoms with Gasteiger partial charge in [-0.05, 0) is 10.8 Å². The lowest BCUT2D eigenvalue weighted by Crippen LogP contribution is -2.40. The minimum Gasteiger partial charge on any atom is -0.378 e. The van der Waals surface area contributed by atoms with Gasteiger partial charge in [-0.1, -0.05) is 79.7 Å². The number of rotatable bonds is 5. The number of aliphatic hydroxyl groups excluding tert-OH is 1. The van der Waals surface area contributed by atoms with Gasteiger partial charge >= 0.3 is 0 Å². The molecular weight excluding hydrogens is 288 g/mol. The molecule has 0 amide bonds. The minimum atomic E-state index is -1.82. The maximum atomic E-state index is 9.96. The molecule has 0 saturated carbocycles. The summed E-state index contributed by atoms with van der Waals surface area (Å²) in [6, 6.07) is 20.2. The lowest BCUT2D eigenvalue weighted by atomic mass is 10.2. The first-order chi connectivity index (χ1) is 10.6. The normalized spacial score (nSPS) is 12.3. The van der Waals surface area contributed by atoms with Crippen LogP contribution in [0.5, 0.6) is 0 Å². The Balaban J connectivity index is 1.86. The second-order valence-corrected chi connectivity index (χ2v) is 9.85. The Hall–Kier alpha value is -1.86. The number of ether oxygens (including phenoxy) is 1. The first-order valence-electron chi connectivity index (χ1n) is 7.46. The third-order valence-electron chi connectivity index (χ3n) is 3.43. The van der Waals surface area contributed by atoms with Crippen molar-refractivity contribution < 1.29 is 9.84 Å². The van der Waals surface area contributed by atoms with Gasteiger partial charge in [-0.25, -0.2) is 0 Å². The van der Waals surface area contributed by atoms with Crippen LogP contribution in [-0.4, -0.2) is 25.9 Å². The lowest BCUT2D eigenvalue weighted by molar-refractivity contribution is 0.0544. The van der Waals surface area contributed by atoms with E-state index in [2.05, 4.69) is 36.7 Å². The van der Waals surface area contributed by atoms with Crippen LogP contribution >= 0.6 is 0 Å². The third kappa shape index (κ3) is 5.16. The molecule has 22 heavy (non-hydrogen) atoms. The number of benzene rings is 2. The number of aliphatic hydroxyl groups is 1. The molecule has 2 aromatic rings. The maximum absolute atomic E-state index is 9.96. The minimum absolute atomic E-state index is 0.237. The van der Waals surface area contributed by atoms with Crippen LogP contribution in [0.2, 0.25) is 13.1 Å². The van der Waals surface area contributed by atoms with Crippen molar-refractivity contribution in [1.29, 1.82) is 0 Å². The Morgan fingerprint density at radius 3 is 2.23 bits per heavy atom. The Morgan fingerprint density at radius 1 is 1.00 bits per heavy atom. The van der Waals surface area contributed by atoms with Crippen molar-refractivity contribution in [3.63, 3.8) is 0 Å². The highest BCUT2D eigenvalue weighted by Gasteiger charge is 2.20. The molecule has 0 spiro atoms. The fourth-order valence-electron chi connectivity index (χ4n) is 2.10. The van der Waals surface area contributed by atoms with Gasteiger partial charge < -0.3 is 9.84 Å². The van der Waals surface area contributed by atoms with Crippen molar-refractivity contribution in [2.45, 2.75) is 25.8 Å². The first kappa shape index (κ1) is 16.5. The SMILES string of the molecule is C[Si](C)(C#CC(O)COCc1ccccc1)c1ccccc1. The third-order valence-corrected chi connectivity index (χ3v) is 5.98. The quantitative estimate of drug-likeness (QED) is 0.680. The molecule has 2 rings (SSSR count). The van der Waals surface area contributed by atoms with Crippen molar-refractivity contribution in [3.05, 3.63) is 66.2 Å². The summed E-state index contributed by atoms with van der Waals surface area (Å²) < 4.78 is 5.52. The van der Waals surface area contributed by atoms with Crippen molar-refractivity contribution in [1.82, 2.24) is 0 Å². The predicted molar refractivity (Wildman–Crippen MR) is 93.4 cm³/mol. The molecule has 0 fully saturated rings. The smallest absolute Gasteiger partial charge is 0.162 e. The predicted octanol–water partition coefficient (Wildman–Crippen LogP) is 2.72. The highest BCUT2D eigenvalue weighted by molar-refractivity contribution is 6.96. The van der Waals surface area contributed by atoms with Gasteiger partial charge in [-0.3, -0.25) is 0 Å². The van der Waals surface area contributed by atoms with Gasteiger partial charge in [-0.2, -0.15) is 0 Å². The van der Waals surface area contributed by atoms with Crippen LogP contribution in [0.3, 0.4) is 0 Å². The van der Waals surface area contributed by atoms with Crippen LogP contribution in [-0.2, 0) is 11.3 Å². The molecule has 0 radical (unpaired) electrons. The molecule has 114 valence electrons. The molecule has 0 heterocycles. The van der Waals surface area contributed by atoms with Crippen LogP contribution in [0.15, 0.2) is 60.7 Å². The summed E-state index contributed by atoms with van der Waals surface area (Å²) in [5, 5.41) is 11.2. The summed E-state index contributed by atoms with van der Waals surface area (Å²) in [6.45, 7) is 5.11. The van der Waals surface area contributed by atoms with Gasteiger partial charge in [0.15, 0.2) is 8.07 Å². The van der Waals surface area contributed by atoms with Crippen molar-refractivity contribution in [2.75, 3.05) is 6.61 Å². The van der Waals surface area contributed by atoms with Gasteiger partial charge in [0, 0.05) is 0 Å². The molecule has 0 aliphatic rings. The zero-order valence-corrected chi connectivity index (χ0v) is 14.1. The van der Waals surface area contributed by atoms with Gasteiger partial charge in [0.25, 0.3) is 0 Å². The molecule has 2 aromatic carbocycles. The molecule has 0 bridgehead atoms. The summed E-state index contributed by atoms with van der Waals surface area (Å²) in [4.78, 5) is 0. The second kappa shape index (κ2) is 7.95. The molecular formula is C19H22O2Si. The fourth-order valence-corrected chi connectivity index (χ4v) is 3.79. The Labute approximate surface area is 133 Å². The highest BCUT2D eigenvalue weighted by Crippen LogP contribution is 2.03. The van der Waals surface area contributed by atoms with Gasteiger partial charge in [0.05, 0.1) is 13.2 Å². The monoisotopic (exact) mass is 310 g/mol. The number of hydrogen-bond donors (Lipinski definition) is 1. The fraction of sp³-hybridized carbons (Fsp3) is 0.263. The van der Waals surface area contributed by atoms with E-state index >= 15 is 0 Å². The lowest BCUT2D eigenvalue weighted by Gasteiger charge is -2.15. The van der Waals surface area contributed by atoms with E-state index in [1.54, 1.807) is 0 Å². The van der Waals surface area contributed by atoms with Gasteiger partial charge in [0.1, 0.15) is 6.10 Å². The van der Waals surface area contributed by atoms with Crippen molar-refractivity contribution in [2.24, 2.45) is 0 Å². The van der Waals surface area contributed by atoms with Crippen molar-refractivity contribution >= 4 is 13.3 Å². The molecule has 3 heteroatoms. The molecule has 0 aromatic heterocycles. The largest absolute Gasteiger partial charge is 0.378 e. The Morgan fingerprint density at radius 2 is 1.59 bits per heavy atom. The average molecular weight is 310 g/mol. The standard InChI is InChI=1S/C19H22O2Si/c1-22(2,19-11-7-4-8-12-19)14-13-18(20)16-21-15-17-9-5-3-6-10-17/h3-12,18,20H,15-16H2,1-2H3. The molecule has 0 aliphatic carbocycles. The number of hydrogen-bond acceptors (Lipinski definition) is 2. The van der Waals surface area contributed by atoms with Crippen molar-refractivity contribution in [3.8, 4) is 11.5 Å². The zero-order valence-electron chi connectivity index (χ0n) is 13.1. The first-order valence-corrected chi connectivity index (χ1v) is 10.5. The van der Waals surface area contributed by atoms with E-state index in [0.717, 1.165) is 5.56 Å². The Bertz CT molecular complexity index is 627. The molecule has 0 aliphatic heterocycles. The van der Waals surface area contributed by atoms with E-state index in [9.17, 15) is 5.11 Å². The van der Waals surface area contributed by atoms with Crippen LogP contribution < -0.4 is 5.19 Å². The van der Waals surface area contributed by atoms with E-state index in [1.165, 1.54) is 5.19 Å². The molecule has 1 unspecified atom stereocenters. The summed E-state index contributed by atoms with van der Waals surface area (Å²) in [7, 11) is -1.82.